The summed E-state index contributed by atoms with van der Waals surface area (Å²) in [6.45, 7) is 4.90. The molecule has 10 rings (SSSR count). The van der Waals surface area contributed by atoms with Gasteiger partial charge in [-0.1, -0.05) is 117 Å². The normalized spacial score (nSPS) is 19.5. The van der Waals surface area contributed by atoms with E-state index in [0.29, 0.717) is 23.0 Å². The van der Waals surface area contributed by atoms with Crippen LogP contribution in [-0.2, 0) is 5.41 Å². The van der Waals surface area contributed by atoms with E-state index in [0.717, 1.165) is 79.0 Å². The smallest absolute Gasteiger partial charge is 0.164 e. The van der Waals surface area contributed by atoms with Gasteiger partial charge in [-0.2, -0.15) is 5.26 Å². The SMILES string of the molecule is C[C@@H]1C[C@@H]2C[C@H](C)CC(c3ccc(-c4nc(-c5cccc(-c6ccncc6)c5)nc(-c5cc(-c6ccc(C#N)cc6)cc(-c6cccc(-c7ccccc7)c6)c5)n4)cc3)(C1)C2. The van der Waals surface area contributed by atoms with Crippen molar-refractivity contribution in [1.29, 1.82) is 5.26 Å². The van der Waals surface area contributed by atoms with Crippen LogP contribution in [-0.4, -0.2) is 19.9 Å². The van der Waals surface area contributed by atoms with Crippen molar-refractivity contribution in [2.75, 3.05) is 0 Å². The molecule has 5 heteroatoms. The van der Waals surface area contributed by atoms with E-state index in [1.54, 1.807) is 0 Å². The fraction of sp³-hybridized carbons (Fsp3) is 0.196. The lowest BCUT2D eigenvalue weighted by Crippen LogP contribution is -2.42. The summed E-state index contributed by atoms with van der Waals surface area (Å²) in [7, 11) is 0. The van der Waals surface area contributed by atoms with Crippen molar-refractivity contribution in [2.24, 2.45) is 17.8 Å². The maximum Gasteiger partial charge on any atom is 0.164 e. The third-order valence-corrected chi connectivity index (χ3v) is 13.0. The monoisotopic (exact) mass is 789 g/mol. The molecule has 2 aliphatic carbocycles. The average molecular weight is 790 g/mol. The van der Waals surface area contributed by atoms with Crippen molar-refractivity contribution in [3.63, 3.8) is 0 Å². The number of fused-ring (bicyclic) bond motifs is 2. The van der Waals surface area contributed by atoms with Gasteiger partial charge in [-0.15, -0.1) is 0 Å². The number of rotatable bonds is 8. The van der Waals surface area contributed by atoms with E-state index in [9.17, 15) is 5.26 Å². The average Bonchev–Trinajstić information content (AvgIpc) is 3.31. The highest BCUT2D eigenvalue weighted by Gasteiger charge is 2.45. The lowest BCUT2D eigenvalue weighted by molar-refractivity contribution is 0.0780. The minimum Gasteiger partial charge on any atom is -0.265 e. The molecule has 8 aromatic rings. The number of pyridine rings is 1. The van der Waals surface area contributed by atoms with Crippen LogP contribution in [0.5, 0.6) is 0 Å². The summed E-state index contributed by atoms with van der Waals surface area (Å²) in [6.07, 6.45) is 10.2. The van der Waals surface area contributed by atoms with Crippen LogP contribution in [0.2, 0.25) is 0 Å². The van der Waals surface area contributed by atoms with Crippen molar-refractivity contribution in [3.05, 3.63) is 181 Å². The molecule has 5 nitrogen and oxygen atoms in total. The van der Waals surface area contributed by atoms with Crippen LogP contribution >= 0.6 is 0 Å². The Morgan fingerprint density at radius 1 is 0.443 bits per heavy atom. The molecule has 0 spiro atoms. The Morgan fingerprint density at radius 2 is 0.902 bits per heavy atom. The van der Waals surface area contributed by atoms with Crippen molar-refractivity contribution >= 4 is 0 Å². The van der Waals surface area contributed by atoms with Crippen molar-refractivity contribution in [1.82, 2.24) is 19.9 Å². The first-order valence-electron chi connectivity index (χ1n) is 21.6. The minimum atomic E-state index is 0.238. The second-order valence-corrected chi connectivity index (χ2v) is 17.6. The van der Waals surface area contributed by atoms with Crippen LogP contribution in [0.4, 0.5) is 0 Å². The molecule has 4 atom stereocenters. The van der Waals surface area contributed by atoms with Gasteiger partial charge in [-0.25, -0.2) is 15.0 Å². The Morgan fingerprint density at radius 3 is 1.54 bits per heavy atom. The lowest BCUT2D eigenvalue weighted by atomic mass is 9.54. The highest BCUT2D eigenvalue weighted by atomic mass is 15.0. The fourth-order valence-electron chi connectivity index (χ4n) is 10.5. The molecule has 2 fully saturated rings. The van der Waals surface area contributed by atoms with Gasteiger partial charge >= 0.3 is 0 Å². The Hall–Kier alpha value is -7.03. The molecule has 0 saturated heterocycles. The molecule has 2 bridgehead atoms. The summed E-state index contributed by atoms with van der Waals surface area (Å²) in [6, 6.07) is 57.4. The van der Waals surface area contributed by atoms with E-state index in [-0.39, 0.29) is 5.41 Å². The number of nitriles is 1. The van der Waals surface area contributed by atoms with Crippen LogP contribution in [0.25, 0.3) is 78.7 Å². The Balaban J connectivity index is 1.13. The van der Waals surface area contributed by atoms with Crippen molar-refractivity contribution in [3.8, 4) is 84.7 Å². The molecule has 61 heavy (non-hydrogen) atoms. The van der Waals surface area contributed by atoms with Gasteiger partial charge in [0.2, 0.25) is 0 Å². The molecule has 2 heterocycles. The second-order valence-electron chi connectivity index (χ2n) is 17.6. The Kier molecular flexibility index (Phi) is 10.1. The quantitative estimate of drug-likeness (QED) is 0.153. The second kappa shape index (κ2) is 16.2. The molecule has 0 aliphatic heterocycles. The standard InChI is InChI=1S/C56H47N5/c1-37-26-40-27-38(2)34-56(33-37,35-40)52-20-18-44(19-21-52)53-59-54(48-13-7-11-46(29-48)43-22-24-58-25-23-43)61-55(60-53)51-31-49(42-16-14-39(36-57)15-17-42)30-50(32-51)47-12-6-10-45(28-47)41-8-4-3-5-9-41/h3-25,28-32,37-38,40H,26-27,33-35H2,1-2H3/t37-,38+,40-,56?. The molecule has 1 unspecified atom stereocenters. The van der Waals surface area contributed by atoms with Gasteiger partial charge in [0.25, 0.3) is 0 Å². The molecular weight excluding hydrogens is 743 g/mol. The number of nitrogens with zero attached hydrogens (tertiary/aromatic N) is 5. The summed E-state index contributed by atoms with van der Waals surface area (Å²) < 4.78 is 0. The first-order chi connectivity index (χ1) is 29.9. The van der Waals surface area contributed by atoms with E-state index in [1.807, 2.05) is 54.9 Å². The van der Waals surface area contributed by atoms with Crippen LogP contribution in [0.15, 0.2) is 170 Å². The Bertz CT molecular complexity index is 2860. The third kappa shape index (κ3) is 7.90. The highest BCUT2D eigenvalue weighted by molar-refractivity contribution is 5.82. The van der Waals surface area contributed by atoms with Gasteiger partial charge in [0.1, 0.15) is 0 Å². The van der Waals surface area contributed by atoms with Crippen molar-refractivity contribution in [2.45, 2.75) is 51.4 Å². The van der Waals surface area contributed by atoms with Gasteiger partial charge in [0.15, 0.2) is 17.5 Å². The summed E-state index contributed by atoms with van der Waals surface area (Å²) in [4.78, 5) is 20.0. The van der Waals surface area contributed by atoms with Crippen LogP contribution in [0.3, 0.4) is 0 Å². The van der Waals surface area contributed by atoms with Crippen LogP contribution in [0.1, 0.15) is 57.1 Å². The molecule has 0 amide bonds. The minimum absolute atomic E-state index is 0.238. The molecule has 6 aromatic carbocycles. The maximum atomic E-state index is 9.59. The molecule has 2 aromatic heterocycles. The molecule has 2 saturated carbocycles. The Labute approximate surface area is 358 Å². The first-order valence-corrected chi connectivity index (χ1v) is 21.6. The largest absolute Gasteiger partial charge is 0.265 e. The van der Waals surface area contributed by atoms with Gasteiger partial charge < -0.3 is 0 Å². The highest BCUT2D eigenvalue weighted by Crippen LogP contribution is 2.54. The summed E-state index contributed by atoms with van der Waals surface area (Å²) >= 11 is 0. The van der Waals surface area contributed by atoms with E-state index in [1.165, 1.54) is 37.7 Å². The van der Waals surface area contributed by atoms with Crippen LogP contribution in [0, 0.1) is 29.1 Å². The summed E-state index contributed by atoms with van der Waals surface area (Å²) in [5, 5.41) is 9.59. The van der Waals surface area contributed by atoms with E-state index in [4.69, 9.17) is 15.0 Å². The number of aromatic nitrogens is 4. The number of benzene rings is 6. The van der Waals surface area contributed by atoms with E-state index in [2.05, 4.69) is 140 Å². The maximum absolute atomic E-state index is 9.59. The fourth-order valence-corrected chi connectivity index (χ4v) is 10.5. The molecule has 2 aliphatic rings. The molecule has 0 radical (unpaired) electrons. The summed E-state index contributed by atoms with van der Waals surface area (Å²) in [5.41, 5.74) is 13.7. The molecule has 296 valence electrons. The van der Waals surface area contributed by atoms with Crippen LogP contribution < -0.4 is 0 Å². The predicted molar refractivity (Wildman–Crippen MR) is 247 cm³/mol. The molecular formula is C56H47N5. The van der Waals surface area contributed by atoms with E-state index < -0.39 is 0 Å². The molecule has 0 N–H and O–H groups in total. The van der Waals surface area contributed by atoms with Gasteiger partial charge in [-0.05, 0) is 160 Å². The summed E-state index contributed by atoms with van der Waals surface area (Å²) in [5.74, 6) is 4.15. The number of hydrogen-bond donors (Lipinski definition) is 0. The zero-order valence-electron chi connectivity index (χ0n) is 34.7. The van der Waals surface area contributed by atoms with Gasteiger partial charge in [0, 0.05) is 29.1 Å². The first kappa shape index (κ1) is 38.2. The zero-order chi connectivity index (χ0) is 41.3. The predicted octanol–water partition coefficient (Wildman–Crippen LogP) is 13.9. The number of hydrogen-bond acceptors (Lipinski definition) is 5. The van der Waals surface area contributed by atoms with Gasteiger partial charge in [0.05, 0.1) is 11.6 Å². The van der Waals surface area contributed by atoms with Gasteiger partial charge in [-0.3, -0.25) is 4.98 Å². The third-order valence-electron chi connectivity index (χ3n) is 13.0. The van der Waals surface area contributed by atoms with E-state index >= 15 is 0 Å². The topological polar surface area (TPSA) is 75.3 Å². The lowest BCUT2D eigenvalue weighted by Gasteiger charge is -2.50. The zero-order valence-corrected chi connectivity index (χ0v) is 34.7. The van der Waals surface area contributed by atoms with Crippen molar-refractivity contribution < 1.29 is 0 Å².